The highest BCUT2D eigenvalue weighted by Crippen LogP contribution is 2.29. The lowest BCUT2D eigenvalue weighted by Crippen LogP contribution is -2.55. The summed E-state index contributed by atoms with van der Waals surface area (Å²) in [5.74, 6) is -1.33. The van der Waals surface area contributed by atoms with E-state index in [-0.39, 0.29) is 18.6 Å². The largest absolute Gasteiger partial charge is 0.506 e. The van der Waals surface area contributed by atoms with E-state index >= 15 is 0 Å². The molecular formula is C18H17I2NO4. The van der Waals surface area contributed by atoms with Crippen LogP contribution >= 0.6 is 45.2 Å². The van der Waals surface area contributed by atoms with E-state index in [9.17, 15) is 19.8 Å². The fourth-order valence-corrected chi connectivity index (χ4v) is 4.38. The van der Waals surface area contributed by atoms with Crippen molar-refractivity contribution in [1.29, 1.82) is 0 Å². The molecule has 132 valence electrons. The second-order valence-corrected chi connectivity index (χ2v) is 7.97. The van der Waals surface area contributed by atoms with Gasteiger partial charge in [-0.1, -0.05) is 25.1 Å². The zero-order valence-corrected chi connectivity index (χ0v) is 17.7. The number of halogens is 2. The van der Waals surface area contributed by atoms with Crippen LogP contribution in [0.5, 0.6) is 5.75 Å². The van der Waals surface area contributed by atoms with E-state index in [4.69, 9.17) is 0 Å². The van der Waals surface area contributed by atoms with Gasteiger partial charge in [0, 0.05) is 12.0 Å². The van der Waals surface area contributed by atoms with Crippen molar-refractivity contribution in [3.63, 3.8) is 0 Å². The number of benzene rings is 2. The van der Waals surface area contributed by atoms with Crippen LogP contribution in [0, 0.1) is 7.14 Å². The maximum Gasteiger partial charge on any atom is 0.329 e. The standard InChI is InChI=1S/C18H17I2NO4/c1-2-18(17(24)25,21-16(23)12-6-4-3-5-7-12)10-11-8-13(19)15(22)14(20)9-11/h3-9,22H,2,10H2,1H3,(H,21,23)(H,24,25)/t18-/m0/s1. The van der Waals surface area contributed by atoms with Gasteiger partial charge in [0.2, 0.25) is 0 Å². The van der Waals surface area contributed by atoms with Crippen molar-refractivity contribution < 1.29 is 19.8 Å². The van der Waals surface area contributed by atoms with Crippen LogP contribution in [-0.4, -0.2) is 27.6 Å². The molecular weight excluding hydrogens is 548 g/mol. The smallest absolute Gasteiger partial charge is 0.329 e. The summed E-state index contributed by atoms with van der Waals surface area (Å²) in [6, 6.07) is 12.0. The number of carbonyl (C=O) groups is 2. The highest BCUT2D eigenvalue weighted by Gasteiger charge is 2.39. The van der Waals surface area contributed by atoms with Crippen molar-refractivity contribution in [1.82, 2.24) is 5.32 Å². The van der Waals surface area contributed by atoms with Gasteiger partial charge in [-0.25, -0.2) is 4.79 Å². The Morgan fingerprint density at radius 3 is 2.16 bits per heavy atom. The molecule has 1 amide bonds. The average molecular weight is 565 g/mol. The van der Waals surface area contributed by atoms with Crippen LogP contribution in [0.15, 0.2) is 42.5 Å². The zero-order chi connectivity index (χ0) is 18.6. The second-order valence-electron chi connectivity index (χ2n) is 5.65. The first-order valence-electron chi connectivity index (χ1n) is 7.57. The van der Waals surface area contributed by atoms with Crippen LogP contribution in [0.2, 0.25) is 0 Å². The van der Waals surface area contributed by atoms with E-state index in [1.54, 1.807) is 49.4 Å². The summed E-state index contributed by atoms with van der Waals surface area (Å²) in [5.41, 5.74) is -0.267. The maximum atomic E-state index is 12.5. The van der Waals surface area contributed by atoms with Crippen molar-refractivity contribution >= 4 is 57.1 Å². The fraction of sp³-hybridized carbons (Fsp3) is 0.222. The minimum Gasteiger partial charge on any atom is -0.506 e. The minimum atomic E-state index is -1.42. The van der Waals surface area contributed by atoms with E-state index in [0.29, 0.717) is 12.7 Å². The first kappa shape index (κ1) is 20.0. The number of nitrogens with one attached hydrogen (secondary N) is 1. The number of hydrogen-bond donors (Lipinski definition) is 3. The Hall–Kier alpha value is -1.36. The number of phenolic OH excluding ortho intramolecular Hbond substituents is 1. The van der Waals surface area contributed by atoms with Gasteiger partial charge in [-0.2, -0.15) is 0 Å². The third-order valence-corrected chi connectivity index (χ3v) is 5.63. The van der Waals surface area contributed by atoms with E-state index in [1.807, 2.05) is 45.2 Å². The number of aliphatic carboxylic acids is 1. The SMILES string of the molecule is CC[C@@](Cc1cc(I)c(O)c(I)c1)(NC(=O)c1ccccc1)C(=O)O. The van der Waals surface area contributed by atoms with Gasteiger partial charge in [-0.3, -0.25) is 4.79 Å². The first-order valence-corrected chi connectivity index (χ1v) is 9.72. The molecule has 0 spiro atoms. The van der Waals surface area contributed by atoms with Crippen LogP contribution in [0.4, 0.5) is 0 Å². The third-order valence-electron chi connectivity index (χ3n) is 3.98. The molecule has 0 aromatic heterocycles. The Morgan fingerprint density at radius 2 is 1.68 bits per heavy atom. The first-order chi connectivity index (χ1) is 11.8. The Labute approximate surface area is 173 Å². The summed E-state index contributed by atoms with van der Waals surface area (Å²) in [7, 11) is 0. The highest BCUT2D eigenvalue weighted by molar-refractivity contribution is 14.1. The molecule has 0 saturated heterocycles. The molecule has 2 aromatic rings. The fourth-order valence-electron chi connectivity index (χ4n) is 2.49. The van der Waals surface area contributed by atoms with Gasteiger partial charge in [-0.15, -0.1) is 0 Å². The van der Waals surface area contributed by atoms with Gasteiger partial charge >= 0.3 is 5.97 Å². The number of carboxylic acid groups (broad SMARTS) is 1. The number of rotatable bonds is 6. The molecule has 0 unspecified atom stereocenters. The predicted octanol–water partition coefficient (Wildman–Crippen LogP) is 3.81. The molecule has 2 aromatic carbocycles. The van der Waals surface area contributed by atoms with Crippen molar-refractivity contribution in [2.45, 2.75) is 25.3 Å². The van der Waals surface area contributed by atoms with Crippen LogP contribution in [-0.2, 0) is 11.2 Å². The molecule has 3 N–H and O–H groups in total. The van der Waals surface area contributed by atoms with Gasteiger partial charge in [-0.05, 0) is 81.4 Å². The van der Waals surface area contributed by atoms with E-state index < -0.39 is 17.4 Å². The van der Waals surface area contributed by atoms with Crippen LogP contribution in [0.1, 0.15) is 29.3 Å². The average Bonchev–Trinajstić information content (AvgIpc) is 2.59. The molecule has 0 bridgehead atoms. The molecule has 7 heteroatoms. The summed E-state index contributed by atoms with van der Waals surface area (Å²) >= 11 is 4.00. The molecule has 2 rings (SSSR count). The van der Waals surface area contributed by atoms with Gasteiger partial charge in [0.25, 0.3) is 5.91 Å². The maximum absolute atomic E-state index is 12.5. The summed E-state index contributed by atoms with van der Waals surface area (Å²) in [5, 5.41) is 22.4. The molecule has 0 saturated carbocycles. The molecule has 25 heavy (non-hydrogen) atoms. The number of phenols is 1. The predicted molar refractivity (Wildman–Crippen MR) is 112 cm³/mol. The highest BCUT2D eigenvalue weighted by atomic mass is 127. The summed E-state index contributed by atoms with van der Waals surface area (Å²) < 4.78 is 1.29. The number of aromatic hydroxyl groups is 1. The number of carbonyl (C=O) groups excluding carboxylic acids is 1. The van der Waals surface area contributed by atoms with Crippen molar-refractivity contribution in [2.75, 3.05) is 0 Å². The van der Waals surface area contributed by atoms with Crippen molar-refractivity contribution in [3.05, 3.63) is 60.7 Å². The monoisotopic (exact) mass is 565 g/mol. The molecule has 0 aliphatic heterocycles. The molecule has 0 fully saturated rings. The van der Waals surface area contributed by atoms with Gasteiger partial charge < -0.3 is 15.5 Å². The lowest BCUT2D eigenvalue weighted by molar-refractivity contribution is -0.144. The van der Waals surface area contributed by atoms with E-state index in [1.165, 1.54) is 0 Å². The molecule has 1 atom stereocenters. The Kier molecular flexibility index (Phi) is 6.66. The minimum absolute atomic E-state index is 0.129. The van der Waals surface area contributed by atoms with E-state index in [0.717, 1.165) is 5.56 Å². The lowest BCUT2D eigenvalue weighted by atomic mass is 9.87. The van der Waals surface area contributed by atoms with Crippen LogP contribution < -0.4 is 5.32 Å². The summed E-state index contributed by atoms with van der Waals surface area (Å²) in [6.07, 6.45) is 0.360. The number of carboxylic acids is 1. The molecule has 0 heterocycles. The third kappa shape index (κ3) is 4.63. The second kappa shape index (κ2) is 8.35. The topological polar surface area (TPSA) is 86.6 Å². The van der Waals surface area contributed by atoms with Gasteiger partial charge in [0.15, 0.2) is 0 Å². The van der Waals surface area contributed by atoms with Crippen LogP contribution in [0.25, 0.3) is 0 Å². The Balaban J connectivity index is 2.35. The Bertz CT molecular complexity index is 772. The number of hydrogen-bond acceptors (Lipinski definition) is 3. The normalized spacial score (nSPS) is 13.1. The Morgan fingerprint density at radius 1 is 1.12 bits per heavy atom. The van der Waals surface area contributed by atoms with Crippen molar-refractivity contribution in [2.24, 2.45) is 0 Å². The van der Waals surface area contributed by atoms with E-state index in [2.05, 4.69) is 5.32 Å². The molecule has 5 nitrogen and oxygen atoms in total. The van der Waals surface area contributed by atoms with Crippen molar-refractivity contribution in [3.8, 4) is 5.75 Å². The summed E-state index contributed by atoms with van der Waals surface area (Å²) in [4.78, 5) is 24.5. The number of amides is 1. The lowest BCUT2D eigenvalue weighted by Gasteiger charge is -2.30. The molecule has 0 aliphatic carbocycles. The van der Waals surface area contributed by atoms with Gasteiger partial charge in [0.05, 0.1) is 7.14 Å². The van der Waals surface area contributed by atoms with Crippen LogP contribution in [0.3, 0.4) is 0 Å². The summed E-state index contributed by atoms with van der Waals surface area (Å²) in [6.45, 7) is 1.73. The zero-order valence-electron chi connectivity index (χ0n) is 13.4. The molecule has 0 aliphatic rings. The quantitative estimate of drug-likeness (QED) is 0.466. The molecule has 0 radical (unpaired) electrons. The van der Waals surface area contributed by atoms with Gasteiger partial charge in [0.1, 0.15) is 11.3 Å².